The first-order valence-corrected chi connectivity index (χ1v) is 12.1. The lowest BCUT2D eigenvalue weighted by Crippen LogP contribution is -2.45. The molecule has 7 heteroatoms. The first-order valence-electron chi connectivity index (χ1n) is 10.5. The number of nitro groups is 1. The average molecular weight is 569 g/mol. The highest BCUT2D eigenvalue weighted by Crippen LogP contribution is 2.55. The molecule has 1 aliphatic carbocycles. The zero-order valence-electron chi connectivity index (χ0n) is 17.3. The number of fused-ring (bicyclic) bond motifs is 3. The quantitative estimate of drug-likeness (QED) is 0.202. The number of rotatable bonds is 4. The fraction of sp³-hybridized carbons (Fsp3) is 0.192. The van der Waals surface area contributed by atoms with Gasteiger partial charge in [-0.15, -0.1) is 0 Å². The molecular formula is C26H19Br2NO4. The van der Waals surface area contributed by atoms with Crippen LogP contribution >= 0.6 is 31.9 Å². The number of carbonyl (C=O) groups is 1. The van der Waals surface area contributed by atoms with Gasteiger partial charge in [0.25, 0.3) is 0 Å². The first-order chi connectivity index (χ1) is 16.0. The molecule has 0 aromatic heterocycles. The molecule has 0 saturated carbocycles. The SMILES string of the molecule is O=CC1=C[C@H]2[C@@H](c3ccccc3O[C@@H]2c2ccc(Br)cc2)[C@@H]([N+](=O)[O-])[C@@H]1c1ccc(Br)cc1. The second-order valence-electron chi connectivity index (χ2n) is 8.32. The third-order valence-electron chi connectivity index (χ3n) is 6.56. The predicted molar refractivity (Wildman–Crippen MR) is 132 cm³/mol. The van der Waals surface area contributed by atoms with Crippen LogP contribution in [0.4, 0.5) is 0 Å². The van der Waals surface area contributed by atoms with E-state index in [1.807, 2.05) is 78.9 Å². The molecule has 2 aliphatic rings. The van der Waals surface area contributed by atoms with Crippen LogP contribution in [-0.4, -0.2) is 17.3 Å². The highest BCUT2D eigenvalue weighted by atomic mass is 79.9. The normalized spacial score (nSPS) is 25.8. The third-order valence-corrected chi connectivity index (χ3v) is 7.61. The summed E-state index contributed by atoms with van der Waals surface area (Å²) in [6.45, 7) is 0. The van der Waals surface area contributed by atoms with Crippen molar-refractivity contribution in [2.75, 3.05) is 0 Å². The van der Waals surface area contributed by atoms with Crippen LogP contribution in [0.3, 0.4) is 0 Å². The summed E-state index contributed by atoms with van der Waals surface area (Å²) in [4.78, 5) is 24.6. The summed E-state index contributed by atoms with van der Waals surface area (Å²) in [6.07, 6.45) is 2.22. The Balaban J connectivity index is 1.73. The first kappa shape index (κ1) is 22.0. The van der Waals surface area contributed by atoms with Crippen LogP contribution in [0.25, 0.3) is 0 Å². The predicted octanol–water partition coefficient (Wildman–Crippen LogP) is 6.61. The van der Waals surface area contributed by atoms with Crippen molar-refractivity contribution in [1.82, 2.24) is 0 Å². The third kappa shape index (κ3) is 3.93. The van der Waals surface area contributed by atoms with Gasteiger partial charge in [0.05, 0.1) is 11.8 Å². The summed E-state index contributed by atoms with van der Waals surface area (Å²) in [6, 6.07) is 21.7. The Morgan fingerprint density at radius 1 is 0.879 bits per heavy atom. The molecule has 3 aromatic rings. The molecule has 33 heavy (non-hydrogen) atoms. The Morgan fingerprint density at radius 3 is 2.09 bits per heavy atom. The fourth-order valence-electron chi connectivity index (χ4n) is 5.18. The van der Waals surface area contributed by atoms with Gasteiger partial charge in [-0.3, -0.25) is 14.9 Å². The maximum absolute atomic E-state index is 12.6. The van der Waals surface area contributed by atoms with Crippen molar-refractivity contribution in [3.8, 4) is 5.75 Å². The van der Waals surface area contributed by atoms with Crippen LogP contribution < -0.4 is 4.74 Å². The summed E-state index contributed by atoms with van der Waals surface area (Å²) in [5, 5.41) is 12.6. The number of hydrogen-bond acceptors (Lipinski definition) is 4. The van der Waals surface area contributed by atoms with E-state index in [2.05, 4.69) is 31.9 Å². The van der Waals surface area contributed by atoms with Crippen LogP contribution in [0.1, 0.15) is 34.6 Å². The van der Waals surface area contributed by atoms with Crippen molar-refractivity contribution in [2.24, 2.45) is 5.92 Å². The maximum Gasteiger partial charge on any atom is 0.231 e. The monoisotopic (exact) mass is 567 g/mol. The minimum absolute atomic E-state index is 0.221. The molecule has 0 spiro atoms. The van der Waals surface area contributed by atoms with Gasteiger partial charge in [-0.1, -0.05) is 80.4 Å². The van der Waals surface area contributed by atoms with Crippen molar-refractivity contribution in [1.29, 1.82) is 0 Å². The van der Waals surface area contributed by atoms with E-state index >= 15 is 0 Å². The molecule has 0 amide bonds. The molecule has 0 bridgehead atoms. The molecule has 5 atom stereocenters. The van der Waals surface area contributed by atoms with E-state index in [9.17, 15) is 14.9 Å². The van der Waals surface area contributed by atoms with Crippen molar-refractivity contribution in [3.05, 3.63) is 120 Å². The van der Waals surface area contributed by atoms with E-state index in [0.717, 1.165) is 31.9 Å². The summed E-state index contributed by atoms with van der Waals surface area (Å²) < 4.78 is 8.21. The van der Waals surface area contributed by atoms with Gasteiger partial charge < -0.3 is 4.74 Å². The largest absolute Gasteiger partial charge is 0.485 e. The van der Waals surface area contributed by atoms with Gasteiger partial charge in [0, 0.05) is 30.9 Å². The molecular weight excluding hydrogens is 550 g/mol. The van der Waals surface area contributed by atoms with E-state index in [0.29, 0.717) is 11.3 Å². The van der Waals surface area contributed by atoms with Crippen LogP contribution in [0.15, 0.2) is 93.4 Å². The molecule has 5 nitrogen and oxygen atoms in total. The molecule has 0 saturated heterocycles. The summed E-state index contributed by atoms with van der Waals surface area (Å²) in [5.74, 6) is -0.807. The fourth-order valence-corrected chi connectivity index (χ4v) is 5.70. The number of nitrogens with zero attached hydrogens (tertiary/aromatic N) is 1. The van der Waals surface area contributed by atoms with Crippen LogP contribution in [0.5, 0.6) is 5.75 Å². The number of ether oxygens (including phenoxy) is 1. The van der Waals surface area contributed by atoms with Crippen LogP contribution in [0, 0.1) is 16.0 Å². The van der Waals surface area contributed by atoms with Crippen molar-refractivity contribution in [2.45, 2.75) is 24.0 Å². The lowest BCUT2D eigenvalue weighted by molar-refractivity contribution is -0.532. The smallest absolute Gasteiger partial charge is 0.231 e. The zero-order valence-corrected chi connectivity index (χ0v) is 20.5. The van der Waals surface area contributed by atoms with E-state index in [1.165, 1.54) is 0 Å². The molecule has 3 aromatic carbocycles. The summed E-state index contributed by atoms with van der Waals surface area (Å²) in [7, 11) is 0. The number of aldehydes is 1. The van der Waals surface area contributed by atoms with E-state index in [1.54, 1.807) is 0 Å². The van der Waals surface area contributed by atoms with Gasteiger partial charge in [0.2, 0.25) is 6.04 Å². The number of para-hydroxylation sites is 1. The van der Waals surface area contributed by atoms with Crippen molar-refractivity contribution in [3.63, 3.8) is 0 Å². The molecule has 0 radical (unpaired) electrons. The lowest BCUT2D eigenvalue weighted by Gasteiger charge is -2.44. The number of carbonyl (C=O) groups excluding carboxylic acids is 1. The average Bonchev–Trinajstić information content (AvgIpc) is 2.83. The van der Waals surface area contributed by atoms with Gasteiger partial charge >= 0.3 is 0 Å². The van der Waals surface area contributed by atoms with E-state index in [4.69, 9.17) is 4.74 Å². The molecule has 0 N–H and O–H groups in total. The second kappa shape index (κ2) is 8.88. The van der Waals surface area contributed by atoms with Crippen molar-refractivity contribution < 1.29 is 14.5 Å². The molecule has 1 heterocycles. The van der Waals surface area contributed by atoms with E-state index in [-0.39, 0.29) is 10.8 Å². The lowest BCUT2D eigenvalue weighted by atomic mass is 9.63. The van der Waals surface area contributed by atoms with Gasteiger partial charge in [-0.05, 0) is 41.5 Å². The van der Waals surface area contributed by atoms with Crippen LogP contribution in [0.2, 0.25) is 0 Å². The standard InChI is InChI=1S/C26H19Br2NO4/c27-18-9-5-15(6-10-18)23-17(14-30)13-21-24(25(23)29(31)32)20-3-1-2-4-22(20)33-26(21)16-7-11-19(28)12-8-16/h1-14,21,23-26H/t21-,23+,24+,25-,26+/m0/s1. The van der Waals surface area contributed by atoms with Crippen molar-refractivity contribution >= 4 is 38.1 Å². The van der Waals surface area contributed by atoms with Crippen LogP contribution in [-0.2, 0) is 4.79 Å². The number of benzene rings is 3. The molecule has 5 rings (SSSR count). The van der Waals surface area contributed by atoms with Gasteiger partial charge in [0.15, 0.2) is 0 Å². The van der Waals surface area contributed by atoms with E-state index < -0.39 is 24.0 Å². The Morgan fingerprint density at radius 2 is 1.48 bits per heavy atom. The molecule has 166 valence electrons. The van der Waals surface area contributed by atoms with Gasteiger partial charge in [0.1, 0.15) is 18.1 Å². The molecule has 1 aliphatic heterocycles. The van der Waals surface area contributed by atoms with Gasteiger partial charge in [-0.2, -0.15) is 0 Å². The minimum atomic E-state index is -1.01. The summed E-state index contributed by atoms with van der Waals surface area (Å²) >= 11 is 6.88. The highest BCUT2D eigenvalue weighted by Gasteiger charge is 2.54. The highest BCUT2D eigenvalue weighted by molar-refractivity contribution is 9.10. The Kier molecular flexibility index (Phi) is 5.93. The zero-order chi connectivity index (χ0) is 23.1. The Bertz CT molecular complexity index is 1240. The Labute approximate surface area is 207 Å². The summed E-state index contributed by atoms with van der Waals surface area (Å²) in [5.41, 5.74) is 2.89. The minimum Gasteiger partial charge on any atom is -0.485 e. The maximum atomic E-state index is 12.6. The number of hydrogen-bond donors (Lipinski definition) is 0. The van der Waals surface area contributed by atoms with Gasteiger partial charge in [-0.25, -0.2) is 0 Å². The number of halogens is 2. The second-order valence-corrected chi connectivity index (χ2v) is 10.2. The topological polar surface area (TPSA) is 69.4 Å². The molecule has 0 unspecified atom stereocenters. The Hall–Kier alpha value is -2.77. The molecule has 0 fully saturated rings.